The molecular formula is C13H16F4N2. The van der Waals surface area contributed by atoms with Crippen LogP contribution in [0.4, 0.5) is 13.2 Å². The molecule has 6 heteroatoms. The van der Waals surface area contributed by atoms with Crippen molar-refractivity contribution in [2.75, 3.05) is 0 Å². The summed E-state index contributed by atoms with van der Waals surface area (Å²) in [6.07, 6.45) is -2.73. The molecule has 2 aromatic rings. The van der Waals surface area contributed by atoms with Gasteiger partial charge in [-0.25, -0.2) is 9.13 Å². The van der Waals surface area contributed by atoms with Crippen LogP contribution in [0.3, 0.4) is 0 Å². The maximum Gasteiger partial charge on any atom is 0.495 e. The molecule has 0 fully saturated rings. The second-order valence-electron chi connectivity index (χ2n) is 4.37. The summed E-state index contributed by atoms with van der Waals surface area (Å²) >= 11 is 0. The summed E-state index contributed by atoms with van der Waals surface area (Å²) in [5.41, 5.74) is 1.25. The van der Waals surface area contributed by atoms with E-state index >= 15 is 0 Å². The number of aryl methyl sites for hydroxylation is 2. The largest absolute Gasteiger partial charge is 1.00 e. The van der Waals surface area contributed by atoms with Crippen molar-refractivity contribution >= 4 is 11.0 Å². The van der Waals surface area contributed by atoms with Crippen LogP contribution in [0.25, 0.3) is 11.0 Å². The van der Waals surface area contributed by atoms with E-state index in [1.807, 2.05) is 6.92 Å². The molecule has 0 N–H and O–H groups in total. The molecule has 0 saturated heterocycles. The van der Waals surface area contributed by atoms with Crippen molar-refractivity contribution in [1.29, 1.82) is 0 Å². The van der Waals surface area contributed by atoms with E-state index in [4.69, 9.17) is 0 Å². The summed E-state index contributed by atoms with van der Waals surface area (Å²) in [7, 11) is 1.47. The van der Waals surface area contributed by atoms with E-state index in [-0.39, 0.29) is 4.70 Å². The van der Waals surface area contributed by atoms with E-state index in [9.17, 15) is 13.2 Å². The van der Waals surface area contributed by atoms with Crippen LogP contribution in [0, 0.1) is 0 Å². The summed E-state index contributed by atoms with van der Waals surface area (Å²) in [5.74, 6) is -0.586. The van der Waals surface area contributed by atoms with Crippen molar-refractivity contribution in [2.45, 2.75) is 32.5 Å². The molecular weight excluding hydrogens is 260 g/mol. The van der Waals surface area contributed by atoms with Crippen molar-refractivity contribution < 1.29 is 22.4 Å². The zero-order chi connectivity index (χ0) is 13.3. The van der Waals surface area contributed by atoms with Gasteiger partial charge in [0.05, 0.1) is 13.6 Å². The number of aromatic nitrogens is 2. The predicted molar refractivity (Wildman–Crippen MR) is 63.0 cm³/mol. The van der Waals surface area contributed by atoms with E-state index in [1.165, 1.54) is 16.2 Å². The molecule has 19 heavy (non-hydrogen) atoms. The van der Waals surface area contributed by atoms with Crippen LogP contribution in [0.1, 0.15) is 25.6 Å². The lowest BCUT2D eigenvalue weighted by Gasteiger charge is -2.05. The van der Waals surface area contributed by atoms with E-state index in [2.05, 4.69) is 0 Å². The molecule has 2 rings (SSSR count). The van der Waals surface area contributed by atoms with Gasteiger partial charge in [0.2, 0.25) is 0 Å². The molecule has 0 radical (unpaired) electrons. The fourth-order valence-corrected chi connectivity index (χ4v) is 2.27. The number of benzene rings is 1. The zero-order valence-electron chi connectivity index (χ0n) is 10.8. The van der Waals surface area contributed by atoms with E-state index in [0.717, 1.165) is 12.8 Å². The molecule has 1 heterocycles. The zero-order valence-corrected chi connectivity index (χ0v) is 10.8. The molecule has 1 aromatic carbocycles. The minimum Gasteiger partial charge on any atom is -1.00 e. The molecule has 0 bridgehead atoms. The van der Waals surface area contributed by atoms with Crippen molar-refractivity contribution in [3.05, 3.63) is 30.1 Å². The molecule has 0 aliphatic carbocycles. The van der Waals surface area contributed by atoms with Gasteiger partial charge in [-0.1, -0.05) is 25.5 Å². The van der Waals surface area contributed by atoms with Gasteiger partial charge in [-0.2, -0.15) is 13.2 Å². The first-order valence-electron chi connectivity index (χ1n) is 6.01. The van der Waals surface area contributed by atoms with Gasteiger partial charge in [-0.15, -0.1) is 0 Å². The normalized spacial score (nSPS) is 11.6. The average molecular weight is 276 g/mol. The van der Waals surface area contributed by atoms with Crippen LogP contribution in [-0.2, 0) is 19.8 Å². The molecule has 0 atom stereocenters. The molecule has 0 spiro atoms. The van der Waals surface area contributed by atoms with Crippen molar-refractivity contribution in [1.82, 2.24) is 4.57 Å². The minimum absolute atomic E-state index is 0. The Morgan fingerprint density at radius 2 is 1.84 bits per heavy atom. The van der Waals surface area contributed by atoms with Crippen LogP contribution in [0.2, 0.25) is 0 Å². The van der Waals surface area contributed by atoms with Gasteiger partial charge in [0.1, 0.15) is 0 Å². The van der Waals surface area contributed by atoms with Gasteiger partial charge in [-0.3, -0.25) is 0 Å². The topological polar surface area (TPSA) is 8.81 Å². The van der Waals surface area contributed by atoms with Crippen molar-refractivity contribution in [3.63, 3.8) is 0 Å². The lowest BCUT2D eigenvalue weighted by Crippen LogP contribution is -3.00. The Kier molecular flexibility index (Phi) is 4.55. The lowest BCUT2D eigenvalue weighted by molar-refractivity contribution is -0.667. The fourth-order valence-electron chi connectivity index (χ4n) is 2.27. The Balaban J connectivity index is 0.00000180. The Bertz CT molecular complexity index is 558. The van der Waals surface area contributed by atoms with Crippen molar-refractivity contribution in [2.24, 2.45) is 7.05 Å². The van der Waals surface area contributed by atoms with Crippen LogP contribution >= 0.6 is 0 Å². The maximum absolute atomic E-state index is 13.1. The van der Waals surface area contributed by atoms with Gasteiger partial charge in [0.25, 0.3) is 0 Å². The molecule has 0 aliphatic heterocycles. The number of rotatable bonds is 3. The summed E-state index contributed by atoms with van der Waals surface area (Å²) < 4.78 is 42.0. The first kappa shape index (κ1) is 15.5. The van der Waals surface area contributed by atoms with Gasteiger partial charge >= 0.3 is 12.0 Å². The fraction of sp³-hybridized carbons (Fsp3) is 0.462. The summed E-state index contributed by atoms with van der Waals surface area (Å²) in [4.78, 5) is 0. The highest BCUT2D eigenvalue weighted by Crippen LogP contribution is 2.30. The van der Waals surface area contributed by atoms with Gasteiger partial charge in [0.15, 0.2) is 11.0 Å². The smallest absolute Gasteiger partial charge is 0.495 e. The number of imidazole rings is 1. The molecule has 1 aromatic heterocycles. The number of alkyl halides is 3. The number of hydrogen-bond donors (Lipinski definition) is 0. The number of unbranched alkanes of at least 4 members (excludes halogenated alkanes) is 1. The SMILES string of the molecule is CCCCn1c(C(F)(F)F)[n+](C)c2ccccc21.[F-]. The number of nitrogens with zero attached hydrogens (tertiary/aromatic N) is 2. The summed E-state index contributed by atoms with van der Waals surface area (Å²) in [6.45, 7) is 2.37. The highest BCUT2D eigenvalue weighted by molar-refractivity contribution is 5.72. The Morgan fingerprint density at radius 1 is 1.21 bits per heavy atom. The van der Waals surface area contributed by atoms with Crippen LogP contribution in [0.5, 0.6) is 0 Å². The highest BCUT2D eigenvalue weighted by atomic mass is 19.4. The quantitative estimate of drug-likeness (QED) is 0.563. The molecule has 0 amide bonds. The second-order valence-corrected chi connectivity index (χ2v) is 4.37. The number of halogens is 4. The summed E-state index contributed by atoms with van der Waals surface area (Å²) in [6, 6.07) is 6.98. The van der Waals surface area contributed by atoms with E-state index in [1.54, 1.807) is 24.3 Å². The minimum atomic E-state index is -4.33. The third kappa shape index (κ3) is 2.72. The van der Waals surface area contributed by atoms with Crippen LogP contribution in [-0.4, -0.2) is 4.57 Å². The Labute approximate surface area is 108 Å². The number of hydrogen-bond acceptors (Lipinski definition) is 0. The standard InChI is InChI=1S/C13H16F3N2.FH/c1-3-4-9-18-11-8-6-5-7-10(11)17(2)12(18)13(14,15)16;/h5-8H,3-4,9H2,1-2H3;1H/q+1;/p-1. The van der Waals surface area contributed by atoms with E-state index in [0.29, 0.717) is 17.6 Å². The molecule has 0 saturated carbocycles. The van der Waals surface area contributed by atoms with Gasteiger partial charge < -0.3 is 4.70 Å². The Morgan fingerprint density at radius 3 is 2.42 bits per heavy atom. The van der Waals surface area contributed by atoms with E-state index < -0.39 is 12.0 Å². The van der Waals surface area contributed by atoms with Crippen molar-refractivity contribution in [3.8, 4) is 0 Å². The van der Waals surface area contributed by atoms with Crippen LogP contribution < -0.4 is 9.27 Å². The van der Waals surface area contributed by atoms with Gasteiger partial charge in [-0.05, 0) is 18.6 Å². The first-order chi connectivity index (χ1) is 8.46. The summed E-state index contributed by atoms with van der Waals surface area (Å²) in [5, 5.41) is 0. The second kappa shape index (κ2) is 5.59. The first-order valence-corrected chi connectivity index (χ1v) is 6.01. The highest BCUT2D eigenvalue weighted by Gasteiger charge is 2.45. The van der Waals surface area contributed by atoms with Gasteiger partial charge in [0, 0.05) is 0 Å². The van der Waals surface area contributed by atoms with Crippen LogP contribution in [0.15, 0.2) is 24.3 Å². The lowest BCUT2D eigenvalue weighted by atomic mass is 10.3. The Hall–Kier alpha value is -1.59. The maximum atomic E-state index is 13.1. The molecule has 2 nitrogen and oxygen atoms in total. The predicted octanol–water partition coefficient (Wildman–Crippen LogP) is 0.289. The number of fused-ring (bicyclic) bond motifs is 1. The number of para-hydroxylation sites is 2. The third-order valence-corrected chi connectivity index (χ3v) is 3.10. The average Bonchev–Trinajstić information content (AvgIpc) is 2.60. The molecule has 0 aliphatic rings. The monoisotopic (exact) mass is 276 g/mol. The third-order valence-electron chi connectivity index (χ3n) is 3.10. The molecule has 0 unspecified atom stereocenters. The molecule has 106 valence electrons.